The monoisotopic (exact) mass is 659 g/mol. The third-order valence-electron chi connectivity index (χ3n) is 8.00. The Morgan fingerprint density at radius 3 is 1.79 bits per heavy atom. The Kier molecular flexibility index (Phi) is 16.3. The van der Waals surface area contributed by atoms with Gasteiger partial charge in [0.15, 0.2) is 0 Å². The molecule has 0 radical (unpaired) electrons. The van der Waals surface area contributed by atoms with Gasteiger partial charge in [-0.15, -0.1) is 0 Å². The second-order valence-electron chi connectivity index (χ2n) is 16.7. The number of ether oxygens (including phenoxy) is 2. The van der Waals surface area contributed by atoms with Crippen LogP contribution < -0.4 is 16.0 Å². The van der Waals surface area contributed by atoms with Crippen molar-refractivity contribution in [2.45, 2.75) is 152 Å². The first-order chi connectivity index (χ1) is 21.4. The van der Waals surface area contributed by atoms with Gasteiger partial charge in [-0.2, -0.15) is 0 Å². The van der Waals surface area contributed by atoms with Crippen LogP contribution in [0.25, 0.3) is 0 Å². The van der Waals surface area contributed by atoms with Crippen molar-refractivity contribution >= 4 is 29.2 Å². The summed E-state index contributed by atoms with van der Waals surface area (Å²) >= 11 is 0. The molecule has 0 aliphatic rings. The summed E-state index contributed by atoms with van der Waals surface area (Å²) < 4.78 is 12.1. The van der Waals surface area contributed by atoms with E-state index >= 15 is 0 Å². The number of hydrogen-bond donors (Lipinski definition) is 3. The number of rotatable bonds is 19. The predicted molar refractivity (Wildman–Crippen MR) is 190 cm³/mol. The second-order valence-corrected chi connectivity index (χ2v) is 16.7. The van der Waals surface area contributed by atoms with Gasteiger partial charge >= 0.3 is 0 Å². The van der Waals surface area contributed by atoms with Crippen molar-refractivity contribution in [3.8, 4) is 0 Å². The number of anilines is 1. The predicted octanol–water partition coefficient (Wildman–Crippen LogP) is 7.02. The summed E-state index contributed by atoms with van der Waals surface area (Å²) in [5.74, 6) is -0.925. The molecule has 0 fully saturated rings. The molecule has 0 saturated heterocycles. The van der Waals surface area contributed by atoms with Gasteiger partial charge in [-0.05, 0) is 89.3 Å². The number of Topliss-reactive ketones (excluding diaryl/α,β-unsaturated/α-hetero) is 1. The molecule has 3 N–H and O–H groups in total. The fraction of sp³-hybridized carbons (Fsp3) is 0.737. The Hall–Kier alpha value is -2.78. The van der Waals surface area contributed by atoms with Gasteiger partial charge in [0, 0.05) is 30.6 Å². The van der Waals surface area contributed by atoms with Crippen molar-refractivity contribution in [3.05, 3.63) is 29.8 Å². The molecule has 1 unspecified atom stereocenters. The quantitative estimate of drug-likeness (QED) is 0.137. The van der Waals surface area contributed by atoms with E-state index in [2.05, 4.69) is 36.7 Å². The van der Waals surface area contributed by atoms with Crippen LogP contribution in [0, 0.1) is 16.7 Å². The Morgan fingerprint density at radius 2 is 1.26 bits per heavy atom. The lowest BCUT2D eigenvalue weighted by Gasteiger charge is -2.30. The molecule has 9 heteroatoms. The molecule has 2 atom stereocenters. The zero-order valence-electron chi connectivity index (χ0n) is 31.6. The van der Waals surface area contributed by atoms with Gasteiger partial charge < -0.3 is 25.4 Å². The molecule has 3 amide bonds. The highest BCUT2D eigenvalue weighted by molar-refractivity contribution is 5.98. The number of amides is 3. The molecule has 0 aliphatic carbocycles. The lowest BCUT2D eigenvalue weighted by Crippen LogP contribution is -2.53. The van der Waals surface area contributed by atoms with Crippen LogP contribution in [0.15, 0.2) is 24.3 Å². The lowest BCUT2D eigenvalue weighted by atomic mass is 9.86. The van der Waals surface area contributed by atoms with E-state index in [1.807, 2.05) is 86.6 Å². The molecule has 0 spiro atoms. The normalized spacial score (nSPS) is 14.0. The van der Waals surface area contributed by atoms with Gasteiger partial charge in [-0.1, -0.05) is 67.5 Å². The van der Waals surface area contributed by atoms with Gasteiger partial charge in [-0.3, -0.25) is 19.2 Å². The van der Waals surface area contributed by atoms with E-state index in [0.717, 1.165) is 6.42 Å². The number of benzene rings is 1. The summed E-state index contributed by atoms with van der Waals surface area (Å²) in [4.78, 5) is 50.9. The highest BCUT2D eigenvalue weighted by Gasteiger charge is 2.29. The van der Waals surface area contributed by atoms with E-state index in [1.165, 1.54) is 5.56 Å². The zero-order valence-corrected chi connectivity index (χ0v) is 31.6. The SMILES string of the molecule is CC(C)C(NC(=O)CCCOC(C)(C)CCOC(C)(C)CCC(=O)C(C)(C)C)C(=O)N[C@@H](C)C(=O)Nc1ccc(CC(C)(C)C)cc1. The highest BCUT2D eigenvalue weighted by Crippen LogP contribution is 2.25. The van der Waals surface area contributed by atoms with Gasteiger partial charge in [-0.25, -0.2) is 0 Å². The number of hydrogen-bond acceptors (Lipinski definition) is 6. The van der Waals surface area contributed by atoms with Crippen LogP contribution in [0.1, 0.15) is 128 Å². The second kappa shape index (κ2) is 18.1. The fourth-order valence-electron chi connectivity index (χ4n) is 4.81. The molecule has 47 heavy (non-hydrogen) atoms. The van der Waals surface area contributed by atoms with Gasteiger partial charge in [0.2, 0.25) is 17.7 Å². The van der Waals surface area contributed by atoms with Crippen molar-refractivity contribution in [1.82, 2.24) is 10.6 Å². The summed E-state index contributed by atoms with van der Waals surface area (Å²) in [6, 6.07) is 6.17. The van der Waals surface area contributed by atoms with E-state index in [1.54, 1.807) is 6.92 Å². The topological polar surface area (TPSA) is 123 Å². The lowest BCUT2D eigenvalue weighted by molar-refractivity contribution is -0.132. The van der Waals surface area contributed by atoms with Crippen LogP contribution >= 0.6 is 0 Å². The fourth-order valence-corrected chi connectivity index (χ4v) is 4.81. The summed E-state index contributed by atoms with van der Waals surface area (Å²) in [7, 11) is 0. The first-order valence-corrected chi connectivity index (χ1v) is 17.2. The summed E-state index contributed by atoms with van der Waals surface area (Å²) in [5, 5.41) is 8.43. The third kappa shape index (κ3) is 17.8. The van der Waals surface area contributed by atoms with Gasteiger partial charge in [0.1, 0.15) is 17.9 Å². The Labute approximate surface area is 285 Å². The van der Waals surface area contributed by atoms with E-state index in [9.17, 15) is 19.2 Å². The molecule has 1 aromatic rings. The van der Waals surface area contributed by atoms with Crippen LogP contribution in [0.5, 0.6) is 0 Å². The standard InChI is InChI=1S/C38H65N3O6/c1-26(2)32(34(45)39-27(3)33(44)40-29-18-16-28(17-19-29)25-35(4,5)6)41-31(43)15-14-23-46-38(12,13)22-24-47-37(10,11)21-20-30(42)36(7,8)9/h16-19,26-27,32H,14-15,20-25H2,1-13H3,(H,39,45)(H,40,44)(H,41,43)/t27-,32?/m0/s1. The Bertz CT molecular complexity index is 1160. The molecule has 0 heterocycles. The highest BCUT2D eigenvalue weighted by atomic mass is 16.5. The minimum atomic E-state index is -0.786. The van der Waals surface area contributed by atoms with Crippen LogP contribution in [0.2, 0.25) is 0 Å². The molecule has 0 aliphatic heterocycles. The number of carbonyl (C=O) groups is 4. The Morgan fingerprint density at radius 1 is 0.702 bits per heavy atom. The summed E-state index contributed by atoms with van der Waals surface area (Å²) in [5.41, 5.74) is 0.819. The average Bonchev–Trinajstić information content (AvgIpc) is 2.92. The smallest absolute Gasteiger partial charge is 0.246 e. The van der Waals surface area contributed by atoms with Crippen molar-refractivity contribution in [2.24, 2.45) is 16.7 Å². The van der Waals surface area contributed by atoms with Gasteiger partial charge in [0.25, 0.3) is 0 Å². The minimum Gasteiger partial charge on any atom is -0.375 e. The van der Waals surface area contributed by atoms with E-state index in [0.29, 0.717) is 44.6 Å². The molecular weight excluding hydrogens is 594 g/mol. The van der Waals surface area contributed by atoms with E-state index < -0.39 is 29.2 Å². The molecule has 0 saturated carbocycles. The molecule has 0 bridgehead atoms. The molecule has 9 nitrogen and oxygen atoms in total. The number of carbonyl (C=O) groups excluding carboxylic acids is 4. The van der Waals surface area contributed by atoms with Crippen LogP contribution in [-0.2, 0) is 35.1 Å². The van der Waals surface area contributed by atoms with Crippen molar-refractivity contribution in [3.63, 3.8) is 0 Å². The number of nitrogens with one attached hydrogen (secondary N) is 3. The molecular formula is C38H65N3O6. The van der Waals surface area contributed by atoms with Crippen molar-refractivity contribution in [1.29, 1.82) is 0 Å². The maximum absolute atomic E-state index is 13.1. The largest absolute Gasteiger partial charge is 0.375 e. The van der Waals surface area contributed by atoms with Crippen LogP contribution in [0.3, 0.4) is 0 Å². The van der Waals surface area contributed by atoms with E-state index in [4.69, 9.17) is 9.47 Å². The average molecular weight is 660 g/mol. The summed E-state index contributed by atoms with van der Waals surface area (Å²) in [6.45, 7) is 26.5. The minimum absolute atomic E-state index is 0.168. The van der Waals surface area contributed by atoms with Crippen molar-refractivity contribution in [2.75, 3.05) is 18.5 Å². The molecule has 1 aromatic carbocycles. The molecule has 268 valence electrons. The number of ketones is 1. The van der Waals surface area contributed by atoms with E-state index in [-0.39, 0.29) is 40.8 Å². The maximum atomic E-state index is 13.1. The van der Waals surface area contributed by atoms with Crippen molar-refractivity contribution < 1.29 is 28.7 Å². The summed E-state index contributed by atoms with van der Waals surface area (Å²) in [6.07, 6.45) is 3.45. The third-order valence-corrected chi connectivity index (χ3v) is 8.00. The molecule has 1 rings (SSSR count). The van der Waals surface area contributed by atoms with Crippen LogP contribution in [0.4, 0.5) is 5.69 Å². The zero-order chi connectivity index (χ0) is 36.2. The van der Waals surface area contributed by atoms with Crippen LogP contribution in [-0.4, -0.2) is 60.0 Å². The Balaban J connectivity index is 2.47. The first-order valence-electron chi connectivity index (χ1n) is 17.2. The van der Waals surface area contributed by atoms with Gasteiger partial charge in [0.05, 0.1) is 17.8 Å². The first kappa shape index (κ1) is 42.2. The maximum Gasteiger partial charge on any atom is 0.246 e. The molecule has 0 aromatic heterocycles.